The van der Waals surface area contributed by atoms with E-state index in [9.17, 15) is 9.59 Å². The topological polar surface area (TPSA) is 93.0 Å². The van der Waals surface area contributed by atoms with Crippen molar-refractivity contribution in [3.63, 3.8) is 0 Å². The third-order valence-electron chi connectivity index (χ3n) is 4.39. The Bertz CT molecular complexity index is 730. The Balaban J connectivity index is 1.45. The van der Waals surface area contributed by atoms with Gasteiger partial charge in [-0.25, -0.2) is 0 Å². The van der Waals surface area contributed by atoms with Crippen LogP contribution in [0.25, 0.3) is 11.4 Å². The molecule has 1 N–H and O–H groups in total. The normalized spacial score (nSPS) is 16.8. The van der Waals surface area contributed by atoms with Gasteiger partial charge in [0.05, 0.1) is 12.5 Å². The summed E-state index contributed by atoms with van der Waals surface area (Å²) in [7, 11) is 1.63. The number of hydrogen-bond donors (Lipinski definition) is 1. The monoisotopic (exact) mass is 342 g/mol. The SMILES string of the molecule is CNC(=O)C1CCN(C(=O)CCCn2nnc(-c3ccccc3)n2)C1. The number of carbonyl (C=O) groups excluding carboxylic acids is 2. The molecule has 2 aromatic rings. The molecule has 0 bridgehead atoms. The van der Waals surface area contributed by atoms with Gasteiger partial charge in [-0.3, -0.25) is 9.59 Å². The van der Waals surface area contributed by atoms with Gasteiger partial charge in [-0.1, -0.05) is 30.3 Å². The molecule has 1 unspecified atom stereocenters. The number of aromatic nitrogens is 4. The van der Waals surface area contributed by atoms with Crippen LogP contribution in [0.15, 0.2) is 30.3 Å². The summed E-state index contributed by atoms with van der Waals surface area (Å²) < 4.78 is 0. The predicted octanol–water partition coefficient (Wildman–Crippen LogP) is 0.715. The van der Waals surface area contributed by atoms with E-state index >= 15 is 0 Å². The number of nitrogens with zero attached hydrogens (tertiary/aromatic N) is 5. The number of rotatable bonds is 6. The molecule has 0 aliphatic carbocycles. The summed E-state index contributed by atoms with van der Waals surface area (Å²) >= 11 is 0. The van der Waals surface area contributed by atoms with Gasteiger partial charge in [-0.15, -0.1) is 10.2 Å². The number of likely N-dealkylation sites (tertiary alicyclic amines) is 1. The summed E-state index contributed by atoms with van der Waals surface area (Å²) in [4.78, 5) is 27.2. The molecule has 1 aliphatic heterocycles. The quantitative estimate of drug-likeness (QED) is 0.835. The van der Waals surface area contributed by atoms with Gasteiger partial charge in [0.2, 0.25) is 17.6 Å². The van der Waals surface area contributed by atoms with E-state index < -0.39 is 0 Å². The molecule has 1 fully saturated rings. The molecule has 3 rings (SSSR count). The van der Waals surface area contributed by atoms with Crippen molar-refractivity contribution in [3.8, 4) is 11.4 Å². The second kappa shape index (κ2) is 7.87. The van der Waals surface area contributed by atoms with Gasteiger partial charge in [0.1, 0.15) is 0 Å². The third kappa shape index (κ3) is 4.20. The van der Waals surface area contributed by atoms with E-state index in [0.717, 1.165) is 12.0 Å². The standard InChI is InChI=1S/C17H22N6O2/c1-18-17(25)14-9-11-22(12-14)15(24)8-5-10-23-20-16(19-21-23)13-6-3-2-4-7-13/h2-4,6-7,14H,5,8-12H2,1H3,(H,18,25). The van der Waals surface area contributed by atoms with Crippen molar-refractivity contribution in [2.45, 2.75) is 25.8 Å². The molecule has 0 saturated carbocycles. The second-order valence-corrected chi connectivity index (χ2v) is 6.12. The highest BCUT2D eigenvalue weighted by Crippen LogP contribution is 2.17. The number of tetrazole rings is 1. The fraction of sp³-hybridized carbons (Fsp3) is 0.471. The average molecular weight is 342 g/mol. The van der Waals surface area contributed by atoms with Crippen molar-refractivity contribution in [1.82, 2.24) is 30.4 Å². The Morgan fingerprint density at radius 2 is 2.08 bits per heavy atom. The molecule has 1 aliphatic rings. The lowest BCUT2D eigenvalue weighted by Crippen LogP contribution is -2.33. The number of aryl methyl sites for hydroxylation is 1. The molecule has 2 heterocycles. The van der Waals surface area contributed by atoms with Crippen molar-refractivity contribution in [2.75, 3.05) is 20.1 Å². The number of amides is 2. The van der Waals surface area contributed by atoms with Gasteiger partial charge in [-0.2, -0.15) is 4.80 Å². The summed E-state index contributed by atoms with van der Waals surface area (Å²) in [6, 6.07) is 9.66. The zero-order valence-electron chi connectivity index (χ0n) is 14.3. The van der Waals surface area contributed by atoms with E-state index in [0.29, 0.717) is 38.3 Å². The minimum Gasteiger partial charge on any atom is -0.359 e. The lowest BCUT2D eigenvalue weighted by Gasteiger charge is -2.16. The molecule has 25 heavy (non-hydrogen) atoms. The molecule has 132 valence electrons. The second-order valence-electron chi connectivity index (χ2n) is 6.12. The Labute approximate surface area is 146 Å². The molecule has 1 aromatic heterocycles. The molecule has 8 nitrogen and oxygen atoms in total. The van der Waals surface area contributed by atoms with Crippen LogP contribution in [-0.2, 0) is 16.1 Å². The maximum Gasteiger partial charge on any atom is 0.224 e. The Hall–Kier alpha value is -2.77. The summed E-state index contributed by atoms with van der Waals surface area (Å²) in [6.07, 6.45) is 1.80. The molecule has 1 aromatic carbocycles. The van der Waals surface area contributed by atoms with E-state index in [1.54, 1.807) is 11.9 Å². The van der Waals surface area contributed by atoms with Crippen molar-refractivity contribution >= 4 is 11.8 Å². The summed E-state index contributed by atoms with van der Waals surface area (Å²) in [5.41, 5.74) is 0.919. The zero-order chi connectivity index (χ0) is 17.6. The average Bonchev–Trinajstić information content (AvgIpc) is 3.31. The van der Waals surface area contributed by atoms with Crippen LogP contribution in [0.2, 0.25) is 0 Å². The molecule has 2 amide bonds. The van der Waals surface area contributed by atoms with E-state index in [-0.39, 0.29) is 17.7 Å². The van der Waals surface area contributed by atoms with E-state index in [2.05, 4.69) is 20.7 Å². The van der Waals surface area contributed by atoms with Gasteiger partial charge in [0, 0.05) is 32.1 Å². The van der Waals surface area contributed by atoms with E-state index in [4.69, 9.17) is 0 Å². The maximum absolute atomic E-state index is 12.2. The predicted molar refractivity (Wildman–Crippen MR) is 91.2 cm³/mol. The highest BCUT2D eigenvalue weighted by molar-refractivity contribution is 5.81. The minimum atomic E-state index is -0.0839. The fourth-order valence-electron chi connectivity index (χ4n) is 2.98. The summed E-state index contributed by atoms with van der Waals surface area (Å²) in [6.45, 7) is 1.70. The Morgan fingerprint density at radius 1 is 1.28 bits per heavy atom. The molecular formula is C17H22N6O2. The molecule has 0 spiro atoms. The first-order valence-electron chi connectivity index (χ1n) is 8.50. The van der Waals surface area contributed by atoms with Crippen molar-refractivity contribution in [1.29, 1.82) is 0 Å². The Kier molecular flexibility index (Phi) is 5.37. The largest absolute Gasteiger partial charge is 0.359 e. The number of hydrogen-bond acceptors (Lipinski definition) is 5. The smallest absolute Gasteiger partial charge is 0.224 e. The van der Waals surface area contributed by atoms with Crippen LogP contribution in [0.3, 0.4) is 0 Å². The van der Waals surface area contributed by atoms with Crippen LogP contribution in [-0.4, -0.2) is 57.1 Å². The van der Waals surface area contributed by atoms with Crippen molar-refractivity contribution < 1.29 is 9.59 Å². The Morgan fingerprint density at radius 3 is 2.84 bits per heavy atom. The maximum atomic E-state index is 12.2. The molecular weight excluding hydrogens is 320 g/mol. The van der Waals surface area contributed by atoms with Gasteiger partial charge in [-0.05, 0) is 18.1 Å². The fourth-order valence-corrected chi connectivity index (χ4v) is 2.98. The highest BCUT2D eigenvalue weighted by atomic mass is 16.2. The first-order valence-corrected chi connectivity index (χ1v) is 8.50. The van der Waals surface area contributed by atoms with E-state index in [1.165, 1.54) is 4.80 Å². The van der Waals surface area contributed by atoms with Crippen LogP contribution in [0, 0.1) is 5.92 Å². The van der Waals surface area contributed by atoms with Crippen LogP contribution in [0.5, 0.6) is 0 Å². The van der Waals surface area contributed by atoms with Gasteiger partial charge in [0.15, 0.2) is 0 Å². The minimum absolute atomic E-state index is 0.00977. The van der Waals surface area contributed by atoms with Gasteiger partial charge >= 0.3 is 0 Å². The van der Waals surface area contributed by atoms with Crippen LogP contribution < -0.4 is 5.32 Å². The highest BCUT2D eigenvalue weighted by Gasteiger charge is 2.29. The van der Waals surface area contributed by atoms with Gasteiger partial charge in [0.25, 0.3) is 0 Å². The van der Waals surface area contributed by atoms with Crippen LogP contribution in [0.1, 0.15) is 19.3 Å². The van der Waals surface area contributed by atoms with Gasteiger partial charge < -0.3 is 10.2 Å². The van der Waals surface area contributed by atoms with Crippen LogP contribution >= 0.6 is 0 Å². The first kappa shape index (κ1) is 17.1. The summed E-state index contributed by atoms with van der Waals surface area (Å²) in [5.74, 6) is 0.588. The summed E-state index contributed by atoms with van der Waals surface area (Å²) in [5, 5.41) is 15.1. The molecule has 1 saturated heterocycles. The zero-order valence-corrected chi connectivity index (χ0v) is 14.3. The van der Waals surface area contributed by atoms with Crippen molar-refractivity contribution in [2.24, 2.45) is 5.92 Å². The number of nitrogens with one attached hydrogen (secondary N) is 1. The lowest BCUT2D eigenvalue weighted by molar-refractivity contribution is -0.130. The first-order chi connectivity index (χ1) is 12.2. The van der Waals surface area contributed by atoms with E-state index in [1.807, 2.05) is 30.3 Å². The molecule has 8 heteroatoms. The lowest BCUT2D eigenvalue weighted by atomic mass is 10.1. The third-order valence-corrected chi connectivity index (χ3v) is 4.39. The van der Waals surface area contributed by atoms with Crippen LogP contribution in [0.4, 0.5) is 0 Å². The number of carbonyl (C=O) groups is 2. The number of benzene rings is 1. The van der Waals surface area contributed by atoms with Crippen molar-refractivity contribution in [3.05, 3.63) is 30.3 Å². The molecule has 0 radical (unpaired) electrons. The molecule has 1 atom stereocenters.